The largest absolute Gasteiger partial charge is 0.477 e. The maximum Gasteiger partial charge on any atom is 0.354 e. The number of nitrogens with two attached hydrogens (primary N) is 3. The van der Waals surface area contributed by atoms with Gasteiger partial charge in [0, 0.05) is 18.7 Å². The van der Waals surface area contributed by atoms with Crippen molar-refractivity contribution in [3.05, 3.63) is 109 Å². The van der Waals surface area contributed by atoms with Crippen molar-refractivity contribution < 1.29 is 28.6 Å². The van der Waals surface area contributed by atoms with Crippen LogP contribution in [0.3, 0.4) is 0 Å². The molecule has 9 N–H and O–H groups in total. The van der Waals surface area contributed by atoms with E-state index in [0.29, 0.717) is 11.1 Å². The van der Waals surface area contributed by atoms with Crippen LogP contribution in [0.1, 0.15) is 62.9 Å². The molecule has 0 aliphatic heterocycles. The Hall–Kier alpha value is -6.16. The monoisotopic (exact) mass is 634 g/mol. The van der Waals surface area contributed by atoms with E-state index in [1.54, 1.807) is 12.1 Å². The Balaban J connectivity index is 0.000000347. The number of aromatic carboxylic acids is 1. The highest BCUT2D eigenvalue weighted by Gasteiger charge is 2.20. The second-order valence-corrected chi connectivity index (χ2v) is 9.64. The number of carbonyl (C=O) groups is 3. The second kappa shape index (κ2) is 14.1. The summed E-state index contributed by atoms with van der Waals surface area (Å²) in [6.45, 7) is 1.81. The van der Waals surface area contributed by atoms with Crippen LogP contribution in [0.4, 0.5) is 27.1 Å². The zero-order valence-corrected chi connectivity index (χ0v) is 23.8. The van der Waals surface area contributed by atoms with Crippen LogP contribution in [0.5, 0.6) is 0 Å². The molecule has 0 aliphatic carbocycles. The van der Waals surface area contributed by atoms with Crippen LogP contribution in [0.25, 0.3) is 5.65 Å². The summed E-state index contributed by atoms with van der Waals surface area (Å²) in [5.41, 5.74) is 16.1. The van der Waals surface area contributed by atoms with E-state index in [9.17, 15) is 33.5 Å². The number of benzene rings is 2. The van der Waals surface area contributed by atoms with Gasteiger partial charge in [0.1, 0.15) is 22.9 Å². The van der Waals surface area contributed by atoms with Crippen LogP contribution in [-0.4, -0.2) is 44.7 Å². The highest BCUT2D eigenvalue weighted by molar-refractivity contribution is 5.96. The molecule has 3 aromatic carbocycles. The lowest BCUT2D eigenvalue weighted by Gasteiger charge is -2.12. The minimum absolute atomic E-state index is 0. The number of methoxy groups -OCH3 is 1. The maximum absolute atomic E-state index is 14.1. The Bertz CT molecular complexity index is 2000. The van der Waals surface area contributed by atoms with Gasteiger partial charge in [-0.3, -0.25) is 14.4 Å². The van der Waals surface area contributed by atoms with Gasteiger partial charge in [0.2, 0.25) is 0 Å². The third-order valence-electron chi connectivity index (χ3n) is 6.50. The fourth-order valence-electron chi connectivity index (χ4n) is 4.01. The van der Waals surface area contributed by atoms with E-state index in [1.165, 1.54) is 25.4 Å². The van der Waals surface area contributed by atoms with Crippen molar-refractivity contribution >= 4 is 46.2 Å². The number of halogens is 1. The summed E-state index contributed by atoms with van der Waals surface area (Å²) in [5, 5.41) is 18.2. The van der Waals surface area contributed by atoms with Crippen molar-refractivity contribution in [2.24, 2.45) is 5.73 Å². The molecule has 0 saturated carbocycles. The second-order valence-electron chi connectivity index (χ2n) is 9.64. The quantitative estimate of drug-likeness (QED) is 0.106. The number of amides is 1. The molecule has 16 heteroatoms. The third kappa shape index (κ3) is 7.13. The third-order valence-corrected chi connectivity index (χ3v) is 6.50. The summed E-state index contributed by atoms with van der Waals surface area (Å²) in [5.74, 6) is -3.07. The van der Waals surface area contributed by atoms with Crippen molar-refractivity contribution in [3.8, 4) is 0 Å². The number of hydrogen-bond donors (Lipinski definition) is 6. The molecule has 2 heterocycles. The molecule has 0 spiro atoms. The van der Waals surface area contributed by atoms with Gasteiger partial charge in [-0.1, -0.05) is 25.6 Å². The zero-order chi connectivity index (χ0) is 33.0. The summed E-state index contributed by atoms with van der Waals surface area (Å²) < 4.78 is 19.7. The van der Waals surface area contributed by atoms with Crippen LogP contribution in [0, 0.1) is 5.82 Å². The molecule has 5 rings (SSSR count). The fourth-order valence-corrected chi connectivity index (χ4v) is 4.01. The minimum atomic E-state index is -1.33. The van der Waals surface area contributed by atoms with E-state index in [1.807, 2.05) is 19.1 Å². The topological polar surface area (TPSA) is 247 Å². The van der Waals surface area contributed by atoms with Gasteiger partial charge in [-0.15, -0.1) is 0 Å². The summed E-state index contributed by atoms with van der Waals surface area (Å²) in [4.78, 5) is 61.8. The maximum atomic E-state index is 14.1. The van der Waals surface area contributed by atoms with E-state index in [-0.39, 0.29) is 65.8 Å². The van der Waals surface area contributed by atoms with Gasteiger partial charge in [-0.05, 0) is 42.3 Å². The van der Waals surface area contributed by atoms with Crippen molar-refractivity contribution in [3.63, 3.8) is 0 Å². The van der Waals surface area contributed by atoms with E-state index >= 15 is 0 Å². The molecular weight excluding hydrogens is 603 g/mol. The first-order chi connectivity index (χ1) is 21.3. The van der Waals surface area contributed by atoms with E-state index in [2.05, 4.69) is 25.5 Å². The molecular formula is C30H31FN8O7. The first-order valence-electron chi connectivity index (χ1n) is 13.1. The Morgan fingerprint density at radius 1 is 1.07 bits per heavy atom. The predicted octanol–water partition coefficient (Wildman–Crippen LogP) is 2.13. The summed E-state index contributed by atoms with van der Waals surface area (Å²) >= 11 is 0. The lowest BCUT2D eigenvalue weighted by Crippen LogP contribution is -2.36. The Labute approximate surface area is 260 Å². The Morgan fingerprint density at radius 3 is 2.33 bits per heavy atom. The van der Waals surface area contributed by atoms with Crippen molar-refractivity contribution in [1.29, 1.82) is 0 Å². The van der Waals surface area contributed by atoms with Crippen LogP contribution < -0.4 is 38.7 Å². The van der Waals surface area contributed by atoms with Gasteiger partial charge in [0.15, 0.2) is 11.3 Å². The van der Waals surface area contributed by atoms with Crippen LogP contribution >= 0.6 is 0 Å². The number of nitrogens with zero attached hydrogens (tertiary/aromatic N) is 3. The Kier molecular flexibility index (Phi) is 10.5. The number of rotatable bonds is 8. The number of carboxylic acids is 1. The summed E-state index contributed by atoms with van der Waals surface area (Å²) in [7, 11) is 1.36. The molecule has 5 aromatic rings. The van der Waals surface area contributed by atoms with Gasteiger partial charge in [-0.25, -0.2) is 23.5 Å². The lowest BCUT2D eigenvalue weighted by molar-refractivity contribution is 0.0599. The fraction of sp³-hybridized carbons (Fsp3) is 0.167. The lowest BCUT2D eigenvalue weighted by atomic mass is 10.1. The van der Waals surface area contributed by atoms with Crippen LogP contribution in [0.15, 0.2) is 64.3 Å². The molecule has 15 nitrogen and oxygen atoms in total. The van der Waals surface area contributed by atoms with Crippen molar-refractivity contribution in [2.45, 2.75) is 26.9 Å². The van der Waals surface area contributed by atoms with Gasteiger partial charge in [0.25, 0.3) is 16.8 Å². The molecule has 0 bridgehead atoms. The van der Waals surface area contributed by atoms with Gasteiger partial charge in [-0.2, -0.15) is 5.10 Å². The first kappa shape index (κ1) is 34.3. The normalized spacial score (nSPS) is 11.1. The van der Waals surface area contributed by atoms with Crippen LogP contribution in [-0.2, 0) is 11.3 Å². The smallest absolute Gasteiger partial charge is 0.354 e. The minimum Gasteiger partial charge on any atom is -0.477 e. The number of carbonyl (C=O) groups excluding carboxylic acids is 2. The standard InChI is InChI=1S/C19H14FN7O5.C10H13NO2.CH4/c20-8-2-1-7(3-10(8)25-14-13(22)15(28)16(14)29)5-23-18(30)11-4-12(19(31)32)27-17(26-11)9(21)6-24-27;1-7(11)8-3-5-9(6-4-8)10(12)13-2;/h1-4,6,25H,5,21-22H2,(H,23,30)(H,31,32);3-7H,11H2,1-2H3;1H4/t;7-;/m.1./s1. The molecule has 1 atom stereocenters. The van der Waals surface area contributed by atoms with E-state index in [0.717, 1.165) is 22.2 Å². The van der Waals surface area contributed by atoms with Crippen LogP contribution in [0.2, 0.25) is 0 Å². The van der Waals surface area contributed by atoms with Crippen molar-refractivity contribution in [1.82, 2.24) is 19.9 Å². The number of nitrogen functional groups attached to an aromatic ring is 2. The number of carboxylic acid groups (broad SMARTS) is 1. The highest BCUT2D eigenvalue weighted by Crippen LogP contribution is 2.23. The van der Waals surface area contributed by atoms with E-state index < -0.39 is 28.6 Å². The molecule has 0 saturated heterocycles. The predicted molar refractivity (Wildman–Crippen MR) is 168 cm³/mol. The highest BCUT2D eigenvalue weighted by atomic mass is 19.1. The molecule has 0 aliphatic rings. The zero-order valence-electron chi connectivity index (χ0n) is 23.8. The number of anilines is 4. The number of aromatic nitrogens is 3. The molecule has 2 aromatic heterocycles. The number of nitrogens with one attached hydrogen (secondary N) is 2. The van der Waals surface area contributed by atoms with Crippen molar-refractivity contribution in [2.75, 3.05) is 23.9 Å². The first-order valence-corrected chi connectivity index (χ1v) is 13.1. The number of ether oxygens (including phenoxy) is 1. The number of esters is 1. The number of hydrogen-bond acceptors (Lipinski definition) is 12. The SMILES string of the molecule is C.COC(=O)c1ccc([C@@H](C)N)cc1.Nc1c(Nc2cc(CNC(=O)c3cc(C(=O)O)n4ncc(N)c4n3)ccc2F)c(=O)c1=O. The van der Waals surface area contributed by atoms with Gasteiger partial charge >= 0.3 is 11.9 Å². The molecule has 0 unspecified atom stereocenters. The average molecular weight is 635 g/mol. The number of fused-ring (bicyclic) bond motifs is 1. The molecule has 1 amide bonds. The summed E-state index contributed by atoms with van der Waals surface area (Å²) in [6.07, 6.45) is 1.21. The molecule has 240 valence electrons. The molecule has 0 radical (unpaired) electrons. The Morgan fingerprint density at radius 2 is 1.74 bits per heavy atom. The van der Waals surface area contributed by atoms with Gasteiger partial charge < -0.3 is 37.7 Å². The van der Waals surface area contributed by atoms with Gasteiger partial charge in [0.05, 0.1) is 30.2 Å². The average Bonchev–Trinajstić information content (AvgIpc) is 3.42. The molecule has 0 fully saturated rings. The molecule has 46 heavy (non-hydrogen) atoms. The van der Waals surface area contributed by atoms with E-state index in [4.69, 9.17) is 17.2 Å². The summed E-state index contributed by atoms with van der Waals surface area (Å²) in [6, 6.07) is 11.9.